The van der Waals surface area contributed by atoms with E-state index in [1.807, 2.05) is 35.9 Å². The Hall–Kier alpha value is -2.33. The van der Waals surface area contributed by atoms with Gasteiger partial charge in [0.05, 0.1) is 15.8 Å². The molecule has 0 saturated carbocycles. The molecule has 0 aliphatic carbocycles. The number of imidazole rings is 1. The topological polar surface area (TPSA) is 84.3 Å². The number of carbonyl (C=O) groups excluding carboxylic acids is 1. The number of hydrogen-bond donors (Lipinski definition) is 1. The van der Waals surface area contributed by atoms with Gasteiger partial charge in [0.25, 0.3) is 0 Å². The summed E-state index contributed by atoms with van der Waals surface area (Å²) >= 11 is 7.54. The second kappa shape index (κ2) is 9.44. The molecule has 164 valence electrons. The summed E-state index contributed by atoms with van der Waals surface area (Å²) in [6.07, 6.45) is 3.49. The number of benzene rings is 2. The van der Waals surface area contributed by atoms with Gasteiger partial charge in [-0.05, 0) is 49.7 Å². The van der Waals surface area contributed by atoms with Crippen LogP contribution in [0.5, 0.6) is 0 Å². The first-order chi connectivity index (χ1) is 14.6. The molecule has 0 saturated heterocycles. The van der Waals surface area contributed by atoms with Crippen LogP contribution in [0.1, 0.15) is 12.5 Å². The van der Waals surface area contributed by atoms with Crippen molar-refractivity contribution in [3.05, 3.63) is 65.4 Å². The van der Waals surface area contributed by atoms with E-state index in [4.69, 9.17) is 11.6 Å². The number of nitrogens with one attached hydrogen (secondary N) is 1. The normalized spacial score (nSPS) is 12.7. The fourth-order valence-corrected chi connectivity index (χ4v) is 4.81. The van der Waals surface area contributed by atoms with Gasteiger partial charge < -0.3 is 5.32 Å². The van der Waals surface area contributed by atoms with Gasteiger partial charge in [-0.25, -0.2) is 17.7 Å². The number of halogens is 1. The molecule has 0 aliphatic rings. The predicted octanol–water partition coefficient (Wildman–Crippen LogP) is 4.20. The van der Waals surface area contributed by atoms with Crippen molar-refractivity contribution < 1.29 is 13.2 Å². The summed E-state index contributed by atoms with van der Waals surface area (Å²) in [4.78, 5) is 17.2. The second-order valence-electron chi connectivity index (χ2n) is 7.03. The molecule has 0 bridgehead atoms. The van der Waals surface area contributed by atoms with E-state index in [9.17, 15) is 13.2 Å². The minimum absolute atomic E-state index is 0.114. The maximum Gasteiger partial charge on any atom is 0.242 e. The van der Waals surface area contributed by atoms with Gasteiger partial charge in [0.15, 0.2) is 5.16 Å². The predicted molar refractivity (Wildman–Crippen MR) is 125 cm³/mol. The average Bonchev–Trinajstić information content (AvgIpc) is 3.17. The minimum Gasteiger partial charge on any atom is -0.325 e. The van der Waals surface area contributed by atoms with Gasteiger partial charge in [-0.3, -0.25) is 9.36 Å². The fraction of sp³-hybridized carbons (Fsp3) is 0.238. The molecule has 0 spiro atoms. The smallest absolute Gasteiger partial charge is 0.242 e. The number of thioether (sulfide) groups is 1. The van der Waals surface area contributed by atoms with Gasteiger partial charge in [0.1, 0.15) is 0 Å². The highest BCUT2D eigenvalue weighted by Crippen LogP contribution is 2.29. The Morgan fingerprint density at radius 2 is 1.94 bits per heavy atom. The van der Waals surface area contributed by atoms with Gasteiger partial charge in [-0.2, -0.15) is 0 Å². The van der Waals surface area contributed by atoms with Crippen molar-refractivity contribution >= 4 is 45.0 Å². The molecule has 7 nitrogen and oxygen atoms in total. The van der Waals surface area contributed by atoms with Crippen LogP contribution in [0.25, 0.3) is 5.69 Å². The Kier molecular flexibility index (Phi) is 7.10. The number of carbonyl (C=O) groups is 1. The molecule has 1 aromatic heterocycles. The number of aromatic nitrogens is 2. The quantitative estimate of drug-likeness (QED) is 0.514. The molecular formula is C21H23ClN4O3S2. The van der Waals surface area contributed by atoms with Crippen molar-refractivity contribution in [3.63, 3.8) is 0 Å². The van der Waals surface area contributed by atoms with Crippen LogP contribution in [0, 0.1) is 6.92 Å². The van der Waals surface area contributed by atoms with Crippen molar-refractivity contribution in [2.24, 2.45) is 0 Å². The largest absolute Gasteiger partial charge is 0.325 e. The first kappa shape index (κ1) is 23.3. The van der Waals surface area contributed by atoms with E-state index >= 15 is 0 Å². The lowest BCUT2D eigenvalue weighted by Crippen LogP contribution is -2.24. The van der Waals surface area contributed by atoms with Crippen LogP contribution in [0.2, 0.25) is 5.02 Å². The van der Waals surface area contributed by atoms with Crippen LogP contribution in [0.15, 0.2) is 64.9 Å². The molecule has 0 radical (unpaired) electrons. The monoisotopic (exact) mass is 478 g/mol. The van der Waals surface area contributed by atoms with Crippen molar-refractivity contribution in [1.29, 1.82) is 0 Å². The van der Waals surface area contributed by atoms with Crippen LogP contribution >= 0.6 is 23.4 Å². The Balaban J connectivity index is 1.76. The highest BCUT2D eigenvalue weighted by molar-refractivity contribution is 8.00. The highest BCUT2D eigenvalue weighted by Gasteiger charge is 2.21. The maximum atomic E-state index is 12.8. The molecule has 0 fully saturated rings. The zero-order valence-corrected chi connectivity index (χ0v) is 19.9. The van der Waals surface area contributed by atoms with Gasteiger partial charge in [0, 0.05) is 37.2 Å². The third-order valence-corrected chi connectivity index (χ3v) is 7.94. The minimum atomic E-state index is -3.59. The molecule has 1 unspecified atom stereocenters. The van der Waals surface area contributed by atoms with E-state index in [2.05, 4.69) is 10.3 Å². The lowest BCUT2D eigenvalue weighted by atomic mass is 10.2. The molecule has 2 aromatic carbocycles. The van der Waals surface area contributed by atoms with E-state index in [-0.39, 0.29) is 10.8 Å². The molecule has 0 aliphatic heterocycles. The number of anilines is 1. The van der Waals surface area contributed by atoms with Gasteiger partial charge >= 0.3 is 0 Å². The van der Waals surface area contributed by atoms with E-state index in [0.717, 1.165) is 15.6 Å². The van der Waals surface area contributed by atoms with Crippen molar-refractivity contribution in [1.82, 2.24) is 13.9 Å². The maximum absolute atomic E-state index is 12.8. The number of amides is 1. The molecule has 1 amide bonds. The lowest BCUT2D eigenvalue weighted by molar-refractivity contribution is -0.115. The molecular weight excluding hydrogens is 456 g/mol. The Morgan fingerprint density at radius 3 is 2.65 bits per heavy atom. The molecule has 1 N–H and O–H groups in total. The summed E-state index contributed by atoms with van der Waals surface area (Å²) in [7, 11) is -0.665. The third-order valence-electron chi connectivity index (χ3n) is 4.64. The number of nitrogens with zero attached hydrogens (tertiary/aromatic N) is 3. The Morgan fingerprint density at radius 1 is 1.23 bits per heavy atom. The van der Waals surface area contributed by atoms with Crippen molar-refractivity contribution in [3.8, 4) is 5.69 Å². The number of rotatable bonds is 7. The van der Waals surface area contributed by atoms with Crippen LogP contribution in [-0.4, -0.2) is 47.5 Å². The van der Waals surface area contributed by atoms with Gasteiger partial charge in [-0.1, -0.05) is 35.5 Å². The summed E-state index contributed by atoms with van der Waals surface area (Å²) in [6.45, 7) is 3.70. The van der Waals surface area contributed by atoms with Crippen LogP contribution in [-0.2, 0) is 14.8 Å². The molecule has 3 rings (SSSR count). The number of sulfonamides is 1. The zero-order valence-electron chi connectivity index (χ0n) is 17.5. The van der Waals surface area contributed by atoms with E-state index in [1.54, 1.807) is 25.3 Å². The summed E-state index contributed by atoms with van der Waals surface area (Å²) in [5.74, 6) is -0.262. The molecule has 1 atom stereocenters. The Labute approximate surface area is 191 Å². The molecule has 31 heavy (non-hydrogen) atoms. The molecule has 3 aromatic rings. The SMILES string of the molecule is Cc1c(Cl)cccc1-n1ccnc1SC(C)C(=O)Nc1cccc(S(=O)(=O)N(C)C)c1. The van der Waals surface area contributed by atoms with Gasteiger partial charge in [0.2, 0.25) is 15.9 Å². The second-order valence-corrected chi connectivity index (χ2v) is 10.9. The Bertz CT molecular complexity index is 1210. The molecule has 1 heterocycles. The van der Waals surface area contributed by atoms with E-state index in [0.29, 0.717) is 15.9 Å². The highest BCUT2D eigenvalue weighted by atomic mass is 35.5. The van der Waals surface area contributed by atoms with Crippen molar-refractivity contribution in [2.75, 3.05) is 19.4 Å². The van der Waals surface area contributed by atoms with Gasteiger partial charge in [-0.15, -0.1) is 0 Å². The number of hydrogen-bond acceptors (Lipinski definition) is 5. The van der Waals surface area contributed by atoms with Crippen molar-refractivity contribution in [2.45, 2.75) is 29.1 Å². The zero-order chi connectivity index (χ0) is 22.8. The standard InChI is InChI=1S/C21H23ClN4O3S2/c1-14-18(22)9-6-10-19(14)26-12-11-23-21(26)30-15(2)20(27)24-16-7-5-8-17(13-16)31(28,29)25(3)4/h5-13,15H,1-4H3,(H,24,27). The third kappa shape index (κ3) is 5.12. The van der Waals surface area contributed by atoms with Crippen LogP contribution < -0.4 is 5.32 Å². The summed E-state index contributed by atoms with van der Waals surface area (Å²) in [5.41, 5.74) is 2.22. The fourth-order valence-electron chi connectivity index (χ4n) is 2.82. The lowest BCUT2D eigenvalue weighted by Gasteiger charge is -2.16. The summed E-state index contributed by atoms with van der Waals surface area (Å²) in [5, 5.41) is 3.61. The first-order valence-electron chi connectivity index (χ1n) is 9.40. The van der Waals surface area contributed by atoms with E-state index < -0.39 is 15.3 Å². The van der Waals surface area contributed by atoms with Crippen LogP contribution in [0.4, 0.5) is 5.69 Å². The summed E-state index contributed by atoms with van der Waals surface area (Å²) < 4.78 is 27.7. The summed E-state index contributed by atoms with van der Waals surface area (Å²) in [6, 6.07) is 11.8. The average molecular weight is 479 g/mol. The van der Waals surface area contributed by atoms with Crippen LogP contribution in [0.3, 0.4) is 0 Å². The van der Waals surface area contributed by atoms with E-state index in [1.165, 1.54) is 38.0 Å². The molecule has 10 heteroatoms. The first-order valence-corrected chi connectivity index (χ1v) is 12.1.